The summed E-state index contributed by atoms with van der Waals surface area (Å²) in [6.45, 7) is 5.72. The number of nitrogens with zero attached hydrogens (tertiary/aromatic N) is 4. The first-order chi connectivity index (χ1) is 23.5. The Bertz CT molecular complexity index is 2060. The molecule has 0 atom stereocenters. The van der Waals surface area contributed by atoms with Crippen molar-refractivity contribution in [1.29, 1.82) is 0 Å². The minimum atomic E-state index is -0.178. The molecule has 0 unspecified atom stereocenters. The molecule has 8 heteroatoms. The van der Waals surface area contributed by atoms with Crippen LogP contribution in [0, 0.1) is 6.92 Å². The van der Waals surface area contributed by atoms with E-state index in [0.717, 1.165) is 69.9 Å². The first-order valence-electron chi connectivity index (χ1n) is 16.2. The van der Waals surface area contributed by atoms with E-state index < -0.39 is 0 Å². The summed E-state index contributed by atoms with van der Waals surface area (Å²) in [5.41, 5.74) is 7.68. The second kappa shape index (κ2) is 13.9. The molecule has 0 saturated carbocycles. The average molecular weight is 633 g/mol. The normalized spacial score (nSPS) is 13.3. The van der Waals surface area contributed by atoms with Gasteiger partial charge in [0.15, 0.2) is 0 Å². The summed E-state index contributed by atoms with van der Waals surface area (Å²) in [6, 6.07) is 41.0. The number of fused-ring (bicyclic) bond motifs is 1. The Morgan fingerprint density at radius 2 is 1.40 bits per heavy atom. The minimum Gasteiger partial charge on any atom is -0.336 e. The molecule has 2 N–H and O–H groups in total. The summed E-state index contributed by atoms with van der Waals surface area (Å²) < 4.78 is 0. The number of aromatic nitrogens is 2. The Balaban J connectivity index is 0.985. The second-order valence-corrected chi connectivity index (χ2v) is 12.0. The van der Waals surface area contributed by atoms with Gasteiger partial charge in [0, 0.05) is 66.2 Å². The lowest BCUT2D eigenvalue weighted by molar-refractivity contribution is 0.0628. The van der Waals surface area contributed by atoms with Crippen molar-refractivity contribution >= 4 is 40.0 Å². The number of rotatable bonds is 8. The first-order valence-corrected chi connectivity index (χ1v) is 16.2. The fourth-order valence-corrected chi connectivity index (χ4v) is 6.01. The maximum atomic E-state index is 13.3. The first kappa shape index (κ1) is 30.8. The fourth-order valence-electron chi connectivity index (χ4n) is 6.01. The Labute approximate surface area is 280 Å². The van der Waals surface area contributed by atoms with Crippen LogP contribution >= 0.6 is 0 Å². The number of anilines is 3. The van der Waals surface area contributed by atoms with Crippen LogP contribution in [0.25, 0.3) is 22.2 Å². The van der Waals surface area contributed by atoms with E-state index in [1.807, 2.05) is 121 Å². The summed E-state index contributed by atoms with van der Waals surface area (Å²) in [6.07, 6.45) is 0. The zero-order valence-electron chi connectivity index (χ0n) is 26.8. The molecule has 5 aromatic carbocycles. The summed E-state index contributed by atoms with van der Waals surface area (Å²) >= 11 is 0. The quantitative estimate of drug-likeness (QED) is 0.180. The number of hydrogen-bond acceptors (Lipinski definition) is 6. The maximum absolute atomic E-state index is 13.3. The number of benzene rings is 5. The van der Waals surface area contributed by atoms with Crippen LogP contribution < -0.4 is 10.6 Å². The van der Waals surface area contributed by atoms with Gasteiger partial charge in [0.25, 0.3) is 11.8 Å². The number of carbonyl (C=O) groups is 2. The molecule has 238 valence electrons. The molecule has 0 aliphatic carbocycles. The molecular formula is C40H36N6O2. The monoisotopic (exact) mass is 632 g/mol. The number of nitrogens with one attached hydrogen (secondary N) is 2. The molecule has 0 bridgehead atoms. The van der Waals surface area contributed by atoms with Gasteiger partial charge in [-0.25, -0.2) is 9.97 Å². The van der Waals surface area contributed by atoms with E-state index in [1.165, 1.54) is 0 Å². The van der Waals surface area contributed by atoms with Crippen LogP contribution in [0.3, 0.4) is 0 Å². The van der Waals surface area contributed by atoms with Crippen molar-refractivity contribution in [2.24, 2.45) is 0 Å². The summed E-state index contributed by atoms with van der Waals surface area (Å²) in [5, 5.41) is 7.40. The van der Waals surface area contributed by atoms with Crippen molar-refractivity contribution in [2.45, 2.75) is 13.5 Å². The molecule has 0 radical (unpaired) electrons. The molecule has 1 saturated heterocycles. The lowest BCUT2D eigenvalue weighted by atomic mass is 10.1. The third-order valence-electron chi connectivity index (χ3n) is 8.69. The molecule has 2 amide bonds. The van der Waals surface area contributed by atoms with Crippen LogP contribution in [0.15, 0.2) is 127 Å². The zero-order chi connectivity index (χ0) is 32.9. The van der Waals surface area contributed by atoms with Gasteiger partial charge in [0.2, 0.25) is 5.95 Å². The van der Waals surface area contributed by atoms with Gasteiger partial charge >= 0.3 is 0 Å². The van der Waals surface area contributed by atoms with Gasteiger partial charge in [-0.15, -0.1) is 0 Å². The number of para-hydroxylation sites is 1. The third-order valence-corrected chi connectivity index (χ3v) is 8.69. The number of amides is 2. The van der Waals surface area contributed by atoms with Crippen LogP contribution in [0.2, 0.25) is 0 Å². The van der Waals surface area contributed by atoms with E-state index in [-0.39, 0.29) is 11.8 Å². The molecule has 1 aliphatic heterocycles. The van der Waals surface area contributed by atoms with Crippen molar-refractivity contribution in [3.05, 3.63) is 150 Å². The Morgan fingerprint density at radius 1 is 0.708 bits per heavy atom. The average Bonchev–Trinajstić information content (AvgIpc) is 3.13. The van der Waals surface area contributed by atoms with Gasteiger partial charge in [-0.05, 0) is 66.6 Å². The molecule has 48 heavy (non-hydrogen) atoms. The predicted molar refractivity (Wildman–Crippen MR) is 191 cm³/mol. The predicted octanol–water partition coefficient (Wildman–Crippen LogP) is 7.56. The number of piperazine rings is 1. The molecule has 7 rings (SSSR count). The maximum Gasteiger partial charge on any atom is 0.255 e. The lowest BCUT2D eigenvalue weighted by Crippen LogP contribution is -2.48. The molecule has 2 heterocycles. The summed E-state index contributed by atoms with van der Waals surface area (Å²) in [4.78, 5) is 40.0. The largest absolute Gasteiger partial charge is 0.336 e. The molecule has 0 spiro atoms. The van der Waals surface area contributed by atoms with Crippen LogP contribution in [0.1, 0.15) is 31.8 Å². The van der Waals surface area contributed by atoms with Crippen molar-refractivity contribution in [1.82, 2.24) is 19.8 Å². The van der Waals surface area contributed by atoms with E-state index >= 15 is 0 Å². The highest BCUT2D eigenvalue weighted by Crippen LogP contribution is 2.28. The van der Waals surface area contributed by atoms with E-state index in [4.69, 9.17) is 9.97 Å². The molecule has 1 fully saturated rings. The Kier molecular flexibility index (Phi) is 8.89. The Hall–Kier alpha value is -5.86. The smallest absolute Gasteiger partial charge is 0.255 e. The van der Waals surface area contributed by atoms with Crippen molar-refractivity contribution in [3.63, 3.8) is 0 Å². The molecule has 1 aromatic heterocycles. The van der Waals surface area contributed by atoms with Crippen LogP contribution in [-0.2, 0) is 6.54 Å². The van der Waals surface area contributed by atoms with Crippen molar-refractivity contribution < 1.29 is 9.59 Å². The third kappa shape index (κ3) is 6.94. The van der Waals surface area contributed by atoms with Crippen LogP contribution in [0.4, 0.5) is 17.3 Å². The van der Waals surface area contributed by atoms with Crippen LogP contribution in [-0.4, -0.2) is 57.8 Å². The fraction of sp³-hybridized carbons (Fsp3) is 0.150. The second-order valence-electron chi connectivity index (χ2n) is 12.0. The zero-order valence-corrected chi connectivity index (χ0v) is 26.8. The van der Waals surface area contributed by atoms with Gasteiger partial charge in [-0.2, -0.15) is 0 Å². The minimum absolute atomic E-state index is 0.0821. The highest BCUT2D eigenvalue weighted by molar-refractivity contribution is 6.05. The van der Waals surface area contributed by atoms with Crippen LogP contribution in [0.5, 0.6) is 0 Å². The van der Waals surface area contributed by atoms with Crippen molar-refractivity contribution in [3.8, 4) is 11.3 Å². The highest BCUT2D eigenvalue weighted by Gasteiger charge is 2.22. The van der Waals surface area contributed by atoms with Gasteiger partial charge < -0.3 is 15.5 Å². The Morgan fingerprint density at radius 3 is 2.15 bits per heavy atom. The van der Waals surface area contributed by atoms with E-state index in [1.54, 1.807) is 12.1 Å². The standard InChI is InChI=1S/C40H36N6O2/c1-28-16-17-29(27-45-22-24-46(25-23-45)39(48)32-12-6-3-7-13-32)26-36(28)42-38(47)31-18-20-33(21-19-31)41-40-43-35-15-9-8-14-34(35)37(44-40)30-10-4-2-5-11-30/h2-21,26H,22-25,27H2,1H3,(H,42,47)(H,41,43,44). The van der Waals surface area contributed by atoms with E-state index in [2.05, 4.69) is 21.6 Å². The molecule has 8 nitrogen and oxygen atoms in total. The van der Waals surface area contributed by atoms with E-state index in [0.29, 0.717) is 24.6 Å². The molecule has 1 aliphatic rings. The summed E-state index contributed by atoms with van der Waals surface area (Å²) in [5.74, 6) is 0.392. The van der Waals surface area contributed by atoms with Gasteiger partial charge in [-0.3, -0.25) is 14.5 Å². The van der Waals surface area contributed by atoms with Gasteiger partial charge in [0.1, 0.15) is 0 Å². The van der Waals surface area contributed by atoms with Gasteiger partial charge in [-0.1, -0.05) is 78.9 Å². The SMILES string of the molecule is Cc1ccc(CN2CCN(C(=O)c3ccccc3)CC2)cc1NC(=O)c1ccc(Nc2nc(-c3ccccc3)c3ccccc3n2)cc1. The van der Waals surface area contributed by atoms with Gasteiger partial charge in [0.05, 0.1) is 11.2 Å². The lowest BCUT2D eigenvalue weighted by Gasteiger charge is -2.35. The topological polar surface area (TPSA) is 90.5 Å². The molecular weight excluding hydrogens is 596 g/mol. The summed E-state index contributed by atoms with van der Waals surface area (Å²) in [7, 11) is 0. The van der Waals surface area contributed by atoms with Crippen molar-refractivity contribution in [2.75, 3.05) is 36.8 Å². The number of aryl methyl sites for hydroxylation is 1. The van der Waals surface area contributed by atoms with E-state index in [9.17, 15) is 9.59 Å². The highest BCUT2D eigenvalue weighted by atomic mass is 16.2. The number of hydrogen-bond donors (Lipinski definition) is 2. The molecule has 6 aromatic rings. The number of carbonyl (C=O) groups excluding carboxylic acids is 2.